The van der Waals surface area contributed by atoms with Crippen LogP contribution in [0.3, 0.4) is 0 Å². The quantitative estimate of drug-likeness (QED) is 0.920. The first-order chi connectivity index (χ1) is 11.2. The van der Waals surface area contributed by atoms with Gasteiger partial charge in [-0.3, -0.25) is 0 Å². The predicted octanol–water partition coefficient (Wildman–Crippen LogP) is 3.32. The van der Waals surface area contributed by atoms with Gasteiger partial charge in [-0.1, -0.05) is 48.3 Å². The Morgan fingerprint density at radius 2 is 1.62 bits per heavy atom. The highest BCUT2D eigenvalue weighted by Crippen LogP contribution is 2.42. The van der Waals surface area contributed by atoms with Crippen LogP contribution in [0.4, 0.5) is 0 Å². The summed E-state index contributed by atoms with van der Waals surface area (Å²) in [5.74, 6) is 1.37. The van der Waals surface area contributed by atoms with Gasteiger partial charge in [0.25, 0.3) is 0 Å². The molecule has 24 heavy (non-hydrogen) atoms. The average molecular weight is 350 g/mol. The molecule has 130 valence electrons. The van der Waals surface area contributed by atoms with E-state index in [0.717, 1.165) is 38.5 Å². The largest absolute Gasteiger partial charge is 0.381 e. The van der Waals surface area contributed by atoms with Gasteiger partial charge in [0.1, 0.15) is 0 Å². The third-order valence-corrected chi connectivity index (χ3v) is 5.45. The van der Waals surface area contributed by atoms with Crippen molar-refractivity contribution in [1.29, 1.82) is 0 Å². The minimum absolute atomic E-state index is 0. The van der Waals surface area contributed by atoms with Gasteiger partial charge in [-0.15, -0.1) is 12.4 Å². The van der Waals surface area contributed by atoms with Crippen LogP contribution in [-0.4, -0.2) is 23.4 Å². The van der Waals surface area contributed by atoms with Gasteiger partial charge >= 0.3 is 0 Å². The molecule has 1 aliphatic heterocycles. The zero-order chi connectivity index (χ0) is 15.8. The zero-order valence-electron chi connectivity index (χ0n) is 13.7. The van der Waals surface area contributed by atoms with Crippen LogP contribution < -0.4 is 5.73 Å². The summed E-state index contributed by atoms with van der Waals surface area (Å²) < 4.78 is 11.3. The number of aromatic nitrogens is 2. The van der Waals surface area contributed by atoms with E-state index in [0.29, 0.717) is 24.9 Å². The smallest absolute Gasteiger partial charge is 0.237 e. The topological polar surface area (TPSA) is 74.2 Å². The molecule has 5 nitrogen and oxygen atoms in total. The first-order valence-electron chi connectivity index (χ1n) is 8.50. The first-order valence-corrected chi connectivity index (χ1v) is 8.50. The molecule has 1 aromatic carbocycles. The van der Waals surface area contributed by atoms with Crippen molar-refractivity contribution in [3.05, 3.63) is 47.6 Å². The minimum atomic E-state index is -0.412. The molecule has 1 saturated heterocycles. The van der Waals surface area contributed by atoms with Crippen LogP contribution in [0.5, 0.6) is 0 Å². The van der Waals surface area contributed by atoms with E-state index in [4.69, 9.17) is 20.0 Å². The summed E-state index contributed by atoms with van der Waals surface area (Å²) in [6, 6.07) is 10.4. The van der Waals surface area contributed by atoms with Crippen LogP contribution in [0.2, 0.25) is 0 Å². The summed E-state index contributed by atoms with van der Waals surface area (Å²) in [7, 11) is 0. The van der Waals surface area contributed by atoms with E-state index < -0.39 is 5.54 Å². The lowest BCUT2D eigenvalue weighted by Crippen LogP contribution is -2.37. The summed E-state index contributed by atoms with van der Waals surface area (Å²) in [4.78, 5) is 4.78. The molecular formula is C18H24ClN3O2. The molecule has 2 fully saturated rings. The highest BCUT2D eigenvalue weighted by atomic mass is 35.5. The Morgan fingerprint density at radius 3 is 2.29 bits per heavy atom. The van der Waals surface area contributed by atoms with Crippen molar-refractivity contribution >= 4 is 12.4 Å². The number of hydrogen-bond acceptors (Lipinski definition) is 5. The molecule has 1 saturated carbocycles. The van der Waals surface area contributed by atoms with Gasteiger partial charge < -0.3 is 15.0 Å². The highest BCUT2D eigenvalue weighted by molar-refractivity contribution is 5.85. The molecule has 0 bridgehead atoms. The van der Waals surface area contributed by atoms with E-state index in [2.05, 4.69) is 29.4 Å². The molecule has 0 spiro atoms. The molecule has 0 unspecified atom stereocenters. The standard InChI is InChI=1S/C18H23N3O2.ClH/c19-18(8-4-5-9-18)15-20-16(23-21-15)17(10-12-22-13-11-17)14-6-2-1-3-7-14;/h1-3,6-7H,4-5,8-13,19H2;1H. The fourth-order valence-corrected chi connectivity index (χ4v) is 3.95. The average Bonchev–Trinajstić information content (AvgIpc) is 3.27. The Morgan fingerprint density at radius 1 is 0.958 bits per heavy atom. The lowest BCUT2D eigenvalue weighted by atomic mass is 9.74. The van der Waals surface area contributed by atoms with E-state index in [1.165, 1.54) is 5.56 Å². The highest BCUT2D eigenvalue weighted by Gasteiger charge is 2.43. The van der Waals surface area contributed by atoms with Gasteiger partial charge in [-0.05, 0) is 31.2 Å². The Hall–Kier alpha value is -1.43. The number of halogens is 1. The molecule has 4 rings (SSSR count). The van der Waals surface area contributed by atoms with E-state index in [1.54, 1.807) is 0 Å². The van der Waals surface area contributed by atoms with Crippen molar-refractivity contribution in [2.24, 2.45) is 5.73 Å². The van der Waals surface area contributed by atoms with Crippen molar-refractivity contribution in [2.75, 3.05) is 13.2 Å². The summed E-state index contributed by atoms with van der Waals surface area (Å²) in [6.45, 7) is 1.42. The van der Waals surface area contributed by atoms with Crippen molar-refractivity contribution in [2.45, 2.75) is 49.5 Å². The maximum absolute atomic E-state index is 6.50. The van der Waals surface area contributed by atoms with Gasteiger partial charge in [-0.25, -0.2) is 0 Å². The molecule has 6 heteroatoms. The fourth-order valence-electron chi connectivity index (χ4n) is 3.95. The molecule has 0 amide bonds. The second kappa shape index (κ2) is 6.82. The SMILES string of the molecule is Cl.NC1(c2noc(C3(c4ccccc4)CCOCC3)n2)CCCC1. The lowest BCUT2D eigenvalue weighted by Gasteiger charge is -2.34. The molecule has 2 aliphatic rings. The van der Waals surface area contributed by atoms with E-state index in [-0.39, 0.29) is 17.8 Å². The van der Waals surface area contributed by atoms with Gasteiger partial charge in [0.2, 0.25) is 5.89 Å². The maximum Gasteiger partial charge on any atom is 0.237 e. The van der Waals surface area contributed by atoms with E-state index >= 15 is 0 Å². The van der Waals surface area contributed by atoms with Crippen molar-refractivity contribution in [3.63, 3.8) is 0 Å². The third kappa shape index (κ3) is 2.85. The normalized spacial score (nSPS) is 22.0. The first kappa shape index (κ1) is 17.4. The van der Waals surface area contributed by atoms with Crippen LogP contribution in [0, 0.1) is 0 Å². The molecule has 2 aromatic rings. The Balaban J connectivity index is 0.00000169. The molecule has 0 atom stereocenters. The number of rotatable bonds is 3. The summed E-state index contributed by atoms with van der Waals surface area (Å²) in [5, 5.41) is 4.26. The van der Waals surface area contributed by atoms with Crippen LogP contribution >= 0.6 is 12.4 Å². The third-order valence-electron chi connectivity index (χ3n) is 5.45. The lowest BCUT2D eigenvalue weighted by molar-refractivity contribution is 0.0523. The molecule has 2 heterocycles. The number of nitrogens with zero attached hydrogens (tertiary/aromatic N) is 2. The van der Waals surface area contributed by atoms with Crippen LogP contribution in [-0.2, 0) is 15.7 Å². The molecule has 2 N–H and O–H groups in total. The Labute approximate surface area is 148 Å². The van der Waals surface area contributed by atoms with Crippen molar-refractivity contribution in [1.82, 2.24) is 10.1 Å². The number of ether oxygens (including phenoxy) is 1. The predicted molar refractivity (Wildman–Crippen MR) is 93.2 cm³/mol. The number of nitrogens with two attached hydrogens (primary N) is 1. The van der Waals surface area contributed by atoms with Crippen LogP contribution in [0.25, 0.3) is 0 Å². The van der Waals surface area contributed by atoms with E-state index in [1.807, 2.05) is 6.07 Å². The van der Waals surface area contributed by atoms with Crippen molar-refractivity contribution in [3.8, 4) is 0 Å². The van der Waals surface area contributed by atoms with Gasteiger partial charge in [0, 0.05) is 13.2 Å². The van der Waals surface area contributed by atoms with E-state index in [9.17, 15) is 0 Å². The number of hydrogen-bond donors (Lipinski definition) is 1. The molecule has 0 radical (unpaired) electrons. The molecular weight excluding hydrogens is 326 g/mol. The molecule has 1 aliphatic carbocycles. The van der Waals surface area contributed by atoms with Crippen LogP contribution in [0.1, 0.15) is 55.8 Å². The monoisotopic (exact) mass is 349 g/mol. The Kier molecular flexibility index (Phi) is 4.95. The summed E-state index contributed by atoms with van der Waals surface area (Å²) in [6.07, 6.45) is 5.86. The van der Waals surface area contributed by atoms with Crippen molar-refractivity contribution < 1.29 is 9.26 Å². The van der Waals surface area contributed by atoms with Gasteiger partial charge in [-0.2, -0.15) is 4.98 Å². The second-order valence-electron chi connectivity index (χ2n) is 6.85. The second-order valence-corrected chi connectivity index (χ2v) is 6.85. The number of benzene rings is 1. The Bertz CT molecular complexity index is 662. The maximum atomic E-state index is 6.50. The summed E-state index contributed by atoms with van der Waals surface area (Å²) >= 11 is 0. The minimum Gasteiger partial charge on any atom is -0.381 e. The molecule has 1 aromatic heterocycles. The summed E-state index contributed by atoms with van der Waals surface area (Å²) in [5.41, 5.74) is 7.05. The van der Waals surface area contributed by atoms with Crippen LogP contribution in [0.15, 0.2) is 34.9 Å². The van der Waals surface area contributed by atoms with Gasteiger partial charge in [0.15, 0.2) is 5.82 Å². The van der Waals surface area contributed by atoms with Gasteiger partial charge in [0.05, 0.1) is 11.0 Å². The fraction of sp³-hybridized carbons (Fsp3) is 0.556. The zero-order valence-corrected chi connectivity index (χ0v) is 14.6.